The molecule has 0 atom stereocenters. The Balaban J connectivity index is 1.79. The number of thiazole rings is 1. The summed E-state index contributed by atoms with van der Waals surface area (Å²) in [5, 5.41) is 1.46. The maximum absolute atomic E-state index is 13.3. The fourth-order valence-electron chi connectivity index (χ4n) is 3.54. The Morgan fingerprint density at radius 1 is 1.18 bits per heavy atom. The van der Waals surface area contributed by atoms with Crippen molar-refractivity contribution in [3.63, 3.8) is 0 Å². The summed E-state index contributed by atoms with van der Waals surface area (Å²) in [6, 6.07) is 5.47. The molecule has 1 fully saturated rings. The molecule has 1 amide bonds. The van der Waals surface area contributed by atoms with Crippen molar-refractivity contribution in [2.75, 3.05) is 4.72 Å². The van der Waals surface area contributed by atoms with Crippen LogP contribution in [0.15, 0.2) is 42.0 Å². The molecular formula is C22H21F3N4O3S2. The van der Waals surface area contributed by atoms with Crippen LogP contribution in [0, 0.1) is 0 Å². The smallest absolute Gasteiger partial charge is 0.366 e. The SMILES string of the molecule is CC(C)(c1csc(NS(=O)(=O)C2CC2)n1)c1cc(C(N)=O)ccc1-c1cncc(C(F)(F)F)c1. The molecule has 7 nitrogen and oxygen atoms in total. The monoisotopic (exact) mass is 510 g/mol. The van der Waals surface area contributed by atoms with E-state index in [1.54, 1.807) is 19.2 Å². The summed E-state index contributed by atoms with van der Waals surface area (Å²) in [4.78, 5) is 20.0. The molecule has 2 heterocycles. The predicted octanol–water partition coefficient (Wildman–Crippen LogP) is 4.55. The van der Waals surface area contributed by atoms with Crippen LogP contribution in [0.3, 0.4) is 0 Å². The highest BCUT2D eigenvalue weighted by Gasteiger charge is 2.37. The average Bonchev–Trinajstić information content (AvgIpc) is 3.53. The van der Waals surface area contributed by atoms with Gasteiger partial charge in [-0.05, 0) is 42.2 Å². The van der Waals surface area contributed by atoms with Gasteiger partial charge in [0.15, 0.2) is 5.13 Å². The molecule has 4 rings (SSSR count). The normalized spacial score (nSPS) is 14.7. The number of hydrogen-bond acceptors (Lipinski definition) is 6. The molecule has 0 saturated heterocycles. The van der Waals surface area contributed by atoms with Crippen LogP contribution in [0.1, 0.15) is 53.9 Å². The van der Waals surface area contributed by atoms with E-state index in [0.29, 0.717) is 29.7 Å². The molecule has 1 aliphatic rings. The zero-order valence-electron chi connectivity index (χ0n) is 18.2. The highest BCUT2D eigenvalue weighted by molar-refractivity contribution is 7.93. The number of hydrogen-bond donors (Lipinski definition) is 2. The summed E-state index contributed by atoms with van der Waals surface area (Å²) in [5.74, 6) is -0.693. The van der Waals surface area contributed by atoms with Gasteiger partial charge >= 0.3 is 6.18 Å². The number of primary amides is 1. The second-order valence-corrected chi connectivity index (χ2v) is 11.4. The molecule has 2 aromatic heterocycles. The summed E-state index contributed by atoms with van der Waals surface area (Å²) in [5.41, 5.74) is 5.40. The van der Waals surface area contributed by atoms with Gasteiger partial charge in [0.25, 0.3) is 0 Å². The molecule has 3 aromatic rings. The summed E-state index contributed by atoms with van der Waals surface area (Å²) < 4.78 is 66.9. The number of nitrogens with two attached hydrogens (primary N) is 1. The second-order valence-electron chi connectivity index (χ2n) is 8.59. The maximum Gasteiger partial charge on any atom is 0.417 e. The van der Waals surface area contributed by atoms with Gasteiger partial charge in [0.05, 0.1) is 16.5 Å². The van der Waals surface area contributed by atoms with Crippen molar-refractivity contribution < 1.29 is 26.4 Å². The first-order valence-corrected chi connectivity index (χ1v) is 12.7. The minimum absolute atomic E-state index is 0.177. The first kappa shape index (κ1) is 24.1. The van der Waals surface area contributed by atoms with Gasteiger partial charge in [-0.15, -0.1) is 11.3 Å². The van der Waals surface area contributed by atoms with Crippen molar-refractivity contribution in [1.82, 2.24) is 9.97 Å². The molecule has 0 radical (unpaired) electrons. The van der Waals surface area contributed by atoms with Crippen LogP contribution in [0.5, 0.6) is 0 Å². The number of halogens is 3. The highest BCUT2D eigenvalue weighted by atomic mass is 32.2. The van der Waals surface area contributed by atoms with Crippen molar-refractivity contribution in [1.29, 1.82) is 0 Å². The molecule has 1 aliphatic carbocycles. The Labute approximate surface area is 198 Å². The lowest BCUT2D eigenvalue weighted by atomic mass is 9.77. The largest absolute Gasteiger partial charge is 0.417 e. The van der Waals surface area contributed by atoms with E-state index >= 15 is 0 Å². The van der Waals surface area contributed by atoms with Gasteiger partial charge in [0.2, 0.25) is 15.9 Å². The van der Waals surface area contributed by atoms with Gasteiger partial charge in [0.1, 0.15) is 0 Å². The molecule has 34 heavy (non-hydrogen) atoms. The number of sulfonamides is 1. The molecule has 0 aliphatic heterocycles. The van der Waals surface area contributed by atoms with E-state index in [-0.39, 0.29) is 16.3 Å². The Morgan fingerprint density at radius 2 is 1.88 bits per heavy atom. The third-order valence-corrected chi connectivity index (χ3v) is 8.41. The third kappa shape index (κ3) is 4.78. The first-order chi connectivity index (χ1) is 15.8. The Morgan fingerprint density at radius 3 is 2.50 bits per heavy atom. The number of pyridine rings is 1. The van der Waals surface area contributed by atoms with E-state index in [2.05, 4.69) is 14.7 Å². The number of alkyl halides is 3. The van der Waals surface area contributed by atoms with Crippen LogP contribution in [0.4, 0.5) is 18.3 Å². The fourth-order valence-corrected chi connectivity index (χ4v) is 6.01. The summed E-state index contributed by atoms with van der Waals surface area (Å²) in [6.45, 7) is 3.57. The van der Waals surface area contributed by atoms with Gasteiger partial charge in [-0.25, -0.2) is 13.4 Å². The number of anilines is 1. The molecule has 0 spiro atoms. The van der Waals surface area contributed by atoms with E-state index in [0.717, 1.165) is 23.6 Å². The molecule has 12 heteroatoms. The molecule has 180 valence electrons. The standard InChI is InChI=1S/C22H21F3N4O3S2/c1-21(2,18-11-33-20(28-18)29-34(31,32)15-4-5-15)17-8-12(19(26)30)3-6-16(17)13-7-14(10-27-9-13)22(23,24)25/h3,6-11,15H,4-5H2,1-2H3,(H2,26,30)(H,28,29). The van der Waals surface area contributed by atoms with Crippen LogP contribution in [0.25, 0.3) is 11.1 Å². The lowest BCUT2D eigenvalue weighted by Gasteiger charge is -2.27. The van der Waals surface area contributed by atoms with Crippen molar-refractivity contribution >= 4 is 32.4 Å². The van der Waals surface area contributed by atoms with Crippen molar-refractivity contribution in [2.45, 2.75) is 43.5 Å². The van der Waals surface area contributed by atoms with Crippen LogP contribution in [-0.4, -0.2) is 29.5 Å². The van der Waals surface area contributed by atoms with Crippen LogP contribution in [0.2, 0.25) is 0 Å². The van der Waals surface area contributed by atoms with Crippen LogP contribution >= 0.6 is 11.3 Å². The molecule has 1 aromatic carbocycles. The summed E-state index contributed by atoms with van der Waals surface area (Å²) >= 11 is 1.11. The second kappa shape index (κ2) is 8.35. The molecule has 0 bridgehead atoms. The zero-order chi connectivity index (χ0) is 24.9. The Hall–Kier alpha value is -2.99. The molecule has 3 N–H and O–H groups in total. The van der Waals surface area contributed by atoms with Crippen molar-refractivity contribution in [3.05, 3.63) is 64.4 Å². The summed E-state index contributed by atoms with van der Waals surface area (Å²) in [6.07, 6.45) is -1.32. The summed E-state index contributed by atoms with van der Waals surface area (Å²) in [7, 11) is -3.50. The highest BCUT2D eigenvalue weighted by Crippen LogP contribution is 2.41. The van der Waals surface area contributed by atoms with E-state index in [4.69, 9.17) is 5.73 Å². The van der Waals surface area contributed by atoms with Gasteiger partial charge in [-0.3, -0.25) is 14.5 Å². The first-order valence-electron chi connectivity index (χ1n) is 10.2. The van der Waals surface area contributed by atoms with Crippen molar-refractivity contribution in [2.24, 2.45) is 5.73 Å². The Bertz CT molecular complexity index is 1360. The number of benzene rings is 1. The average molecular weight is 511 g/mol. The van der Waals surface area contributed by atoms with E-state index in [1.165, 1.54) is 24.4 Å². The number of rotatable bonds is 7. The molecular weight excluding hydrogens is 489 g/mol. The topological polar surface area (TPSA) is 115 Å². The van der Waals surface area contributed by atoms with E-state index < -0.39 is 38.3 Å². The maximum atomic E-state index is 13.3. The van der Waals surface area contributed by atoms with Gasteiger partial charge in [0, 0.05) is 34.3 Å². The van der Waals surface area contributed by atoms with Crippen LogP contribution in [-0.2, 0) is 21.6 Å². The third-order valence-electron chi connectivity index (χ3n) is 5.69. The zero-order valence-corrected chi connectivity index (χ0v) is 19.8. The van der Waals surface area contributed by atoms with Gasteiger partial charge in [-0.1, -0.05) is 19.9 Å². The number of nitrogens with zero attached hydrogens (tertiary/aromatic N) is 2. The number of carbonyl (C=O) groups is 1. The lowest BCUT2D eigenvalue weighted by Crippen LogP contribution is -2.23. The molecule has 1 saturated carbocycles. The molecule has 0 unspecified atom stereocenters. The number of nitrogens with one attached hydrogen (secondary N) is 1. The number of amides is 1. The van der Waals surface area contributed by atoms with Gasteiger partial charge < -0.3 is 5.73 Å². The lowest BCUT2D eigenvalue weighted by molar-refractivity contribution is -0.137. The number of aromatic nitrogens is 2. The van der Waals surface area contributed by atoms with E-state index in [1.807, 2.05) is 0 Å². The fraction of sp³-hybridized carbons (Fsp3) is 0.318. The minimum atomic E-state index is -4.58. The Kier molecular flexibility index (Phi) is 5.93. The van der Waals surface area contributed by atoms with E-state index in [9.17, 15) is 26.4 Å². The van der Waals surface area contributed by atoms with Gasteiger partial charge in [-0.2, -0.15) is 13.2 Å². The quantitative estimate of drug-likeness (QED) is 0.484. The minimum Gasteiger partial charge on any atom is -0.366 e. The number of carbonyl (C=O) groups excluding carboxylic acids is 1. The van der Waals surface area contributed by atoms with Crippen LogP contribution < -0.4 is 10.5 Å². The van der Waals surface area contributed by atoms with Crippen molar-refractivity contribution in [3.8, 4) is 11.1 Å². The predicted molar refractivity (Wildman–Crippen MR) is 123 cm³/mol.